The first-order chi connectivity index (χ1) is 10.7. The third kappa shape index (κ3) is 2.06. The Morgan fingerprint density at radius 3 is 2.36 bits per heavy atom. The summed E-state index contributed by atoms with van der Waals surface area (Å²) in [4.78, 5) is 17.3. The number of fused-ring (bicyclic) bond motifs is 2. The van der Waals surface area contributed by atoms with E-state index in [0.29, 0.717) is 11.4 Å². The minimum atomic E-state index is -0.0478. The maximum absolute atomic E-state index is 12.8. The Morgan fingerprint density at radius 1 is 1.00 bits per heavy atom. The molecule has 0 spiro atoms. The molecule has 0 fully saturated rings. The molecule has 1 aromatic heterocycles. The summed E-state index contributed by atoms with van der Waals surface area (Å²) in [6.45, 7) is 0. The van der Waals surface area contributed by atoms with Crippen LogP contribution in [-0.2, 0) is 12.8 Å². The SMILES string of the molecule is Nc1cc2ccccc2nc1C(=O)C1Cc2ccccc2C1. The third-order valence-corrected chi connectivity index (χ3v) is 4.41. The number of nitrogens with two attached hydrogens (primary N) is 1. The first-order valence-electron chi connectivity index (χ1n) is 7.48. The van der Waals surface area contributed by atoms with Gasteiger partial charge in [0.2, 0.25) is 0 Å². The number of rotatable bonds is 2. The molecule has 1 aliphatic rings. The predicted octanol–water partition coefficient (Wildman–Crippen LogP) is 3.41. The second kappa shape index (κ2) is 4.95. The van der Waals surface area contributed by atoms with Crippen molar-refractivity contribution in [2.24, 2.45) is 5.92 Å². The van der Waals surface area contributed by atoms with Crippen LogP contribution in [0.25, 0.3) is 10.9 Å². The Bertz CT molecular complexity index is 860. The van der Waals surface area contributed by atoms with Crippen LogP contribution >= 0.6 is 0 Å². The first kappa shape index (κ1) is 13.0. The van der Waals surface area contributed by atoms with E-state index in [9.17, 15) is 4.79 Å². The maximum Gasteiger partial charge on any atom is 0.187 e. The molecule has 0 amide bonds. The second-order valence-corrected chi connectivity index (χ2v) is 5.86. The minimum Gasteiger partial charge on any atom is -0.397 e. The lowest BCUT2D eigenvalue weighted by atomic mass is 9.97. The topological polar surface area (TPSA) is 56.0 Å². The Morgan fingerprint density at radius 2 is 1.64 bits per heavy atom. The van der Waals surface area contributed by atoms with E-state index in [0.717, 1.165) is 23.7 Å². The van der Waals surface area contributed by atoms with Gasteiger partial charge in [-0.3, -0.25) is 4.79 Å². The summed E-state index contributed by atoms with van der Waals surface area (Å²) >= 11 is 0. The highest BCUT2D eigenvalue weighted by Crippen LogP contribution is 2.30. The number of pyridine rings is 1. The monoisotopic (exact) mass is 288 g/mol. The predicted molar refractivity (Wildman–Crippen MR) is 87.8 cm³/mol. The van der Waals surface area contributed by atoms with Crippen molar-refractivity contribution in [2.75, 3.05) is 5.73 Å². The number of hydrogen-bond acceptors (Lipinski definition) is 3. The molecular weight excluding hydrogens is 272 g/mol. The highest BCUT2D eigenvalue weighted by atomic mass is 16.1. The summed E-state index contributed by atoms with van der Waals surface area (Å²) in [7, 11) is 0. The molecular formula is C19H16N2O. The lowest BCUT2D eigenvalue weighted by Gasteiger charge is -2.10. The number of anilines is 1. The Balaban J connectivity index is 1.71. The van der Waals surface area contributed by atoms with E-state index < -0.39 is 0 Å². The maximum atomic E-state index is 12.8. The Hall–Kier alpha value is -2.68. The zero-order valence-electron chi connectivity index (χ0n) is 12.1. The molecule has 22 heavy (non-hydrogen) atoms. The summed E-state index contributed by atoms with van der Waals surface area (Å²) in [5.74, 6) is 0.00724. The van der Waals surface area contributed by atoms with Crippen molar-refractivity contribution in [3.8, 4) is 0 Å². The summed E-state index contributed by atoms with van der Waals surface area (Å²) in [5.41, 5.74) is 10.3. The van der Waals surface area contributed by atoms with Gasteiger partial charge in [-0.15, -0.1) is 0 Å². The number of carbonyl (C=O) groups is 1. The van der Waals surface area contributed by atoms with Gasteiger partial charge in [0.15, 0.2) is 5.78 Å². The van der Waals surface area contributed by atoms with Gasteiger partial charge in [-0.25, -0.2) is 4.98 Å². The standard InChI is InChI=1S/C19H16N2O/c20-16-11-14-7-3-4-8-17(14)21-18(16)19(22)15-9-12-5-1-2-6-13(12)10-15/h1-8,11,15H,9-10,20H2. The van der Waals surface area contributed by atoms with Crippen LogP contribution in [0.4, 0.5) is 5.69 Å². The smallest absolute Gasteiger partial charge is 0.187 e. The minimum absolute atomic E-state index is 0.0478. The van der Waals surface area contributed by atoms with Crippen molar-refractivity contribution in [3.05, 3.63) is 71.4 Å². The molecule has 2 N–H and O–H groups in total. The normalized spacial score (nSPS) is 14.2. The van der Waals surface area contributed by atoms with Crippen molar-refractivity contribution in [1.29, 1.82) is 0 Å². The molecule has 0 bridgehead atoms. The fourth-order valence-corrected chi connectivity index (χ4v) is 3.27. The molecule has 3 heteroatoms. The van der Waals surface area contributed by atoms with Crippen molar-refractivity contribution in [3.63, 3.8) is 0 Å². The van der Waals surface area contributed by atoms with Gasteiger partial charge in [0.05, 0.1) is 11.2 Å². The average Bonchev–Trinajstić information content (AvgIpc) is 2.97. The van der Waals surface area contributed by atoms with Crippen LogP contribution in [0, 0.1) is 5.92 Å². The van der Waals surface area contributed by atoms with Gasteiger partial charge in [0.1, 0.15) is 5.69 Å². The van der Waals surface area contributed by atoms with Crippen LogP contribution in [0.2, 0.25) is 0 Å². The van der Waals surface area contributed by atoms with Gasteiger partial charge < -0.3 is 5.73 Å². The van der Waals surface area contributed by atoms with Crippen molar-refractivity contribution < 1.29 is 4.79 Å². The third-order valence-electron chi connectivity index (χ3n) is 4.41. The molecule has 1 aliphatic carbocycles. The Kier molecular flexibility index (Phi) is 2.93. The van der Waals surface area contributed by atoms with E-state index in [-0.39, 0.29) is 11.7 Å². The van der Waals surface area contributed by atoms with E-state index in [1.807, 2.05) is 42.5 Å². The summed E-state index contributed by atoms with van der Waals surface area (Å²) in [6.07, 6.45) is 1.56. The number of aromatic nitrogens is 1. The molecule has 0 atom stereocenters. The lowest BCUT2D eigenvalue weighted by Crippen LogP contribution is -2.18. The van der Waals surface area contributed by atoms with E-state index >= 15 is 0 Å². The van der Waals surface area contributed by atoms with E-state index in [2.05, 4.69) is 17.1 Å². The van der Waals surface area contributed by atoms with Crippen molar-refractivity contribution in [2.45, 2.75) is 12.8 Å². The summed E-state index contributed by atoms with van der Waals surface area (Å²) in [6, 6.07) is 17.8. The van der Waals surface area contributed by atoms with Gasteiger partial charge in [-0.05, 0) is 36.1 Å². The van der Waals surface area contributed by atoms with Crippen LogP contribution in [0.1, 0.15) is 21.6 Å². The fourth-order valence-electron chi connectivity index (χ4n) is 3.27. The van der Waals surface area contributed by atoms with Crippen molar-refractivity contribution >= 4 is 22.4 Å². The van der Waals surface area contributed by atoms with Gasteiger partial charge >= 0.3 is 0 Å². The van der Waals surface area contributed by atoms with Crippen molar-refractivity contribution in [1.82, 2.24) is 4.98 Å². The molecule has 0 radical (unpaired) electrons. The molecule has 2 aromatic carbocycles. The van der Waals surface area contributed by atoms with Crippen LogP contribution < -0.4 is 5.73 Å². The molecule has 3 nitrogen and oxygen atoms in total. The number of Topliss-reactive ketones (excluding diaryl/α,β-unsaturated/α-hetero) is 1. The fraction of sp³-hybridized carbons (Fsp3) is 0.158. The van der Waals surface area contributed by atoms with Crippen LogP contribution in [0.15, 0.2) is 54.6 Å². The number of nitrogens with zero attached hydrogens (tertiary/aromatic N) is 1. The zero-order chi connectivity index (χ0) is 15.1. The number of benzene rings is 2. The molecule has 108 valence electrons. The number of ketones is 1. The van der Waals surface area contributed by atoms with Gasteiger partial charge in [-0.2, -0.15) is 0 Å². The molecule has 0 aliphatic heterocycles. The largest absolute Gasteiger partial charge is 0.397 e. The molecule has 0 unspecified atom stereocenters. The van der Waals surface area contributed by atoms with E-state index in [1.54, 1.807) is 0 Å². The molecule has 0 saturated heterocycles. The molecule has 4 rings (SSSR count). The highest BCUT2D eigenvalue weighted by molar-refractivity contribution is 6.03. The van der Waals surface area contributed by atoms with Gasteiger partial charge in [0.25, 0.3) is 0 Å². The summed E-state index contributed by atoms with van der Waals surface area (Å²) < 4.78 is 0. The second-order valence-electron chi connectivity index (χ2n) is 5.86. The highest BCUT2D eigenvalue weighted by Gasteiger charge is 2.29. The molecule has 3 aromatic rings. The van der Waals surface area contributed by atoms with Gasteiger partial charge in [-0.1, -0.05) is 42.5 Å². The number of hydrogen-bond donors (Lipinski definition) is 1. The van der Waals surface area contributed by atoms with Crippen LogP contribution in [0.5, 0.6) is 0 Å². The van der Waals surface area contributed by atoms with Crippen LogP contribution in [0.3, 0.4) is 0 Å². The first-order valence-corrected chi connectivity index (χ1v) is 7.48. The van der Waals surface area contributed by atoms with E-state index in [1.165, 1.54) is 11.1 Å². The average molecular weight is 288 g/mol. The molecule has 1 heterocycles. The molecule has 0 saturated carbocycles. The number of nitrogen functional groups attached to an aromatic ring is 1. The van der Waals surface area contributed by atoms with Gasteiger partial charge in [0, 0.05) is 11.3 Å². The van der Waals surface area contributed by atoms with Crippen LogP contribution in [-0.4, -0.2) is 10.8 Å². The quantitative estimate of drug-likeness (QED) is 0.735. The Labute approximate surface area is 128 Å². The van der Waals surface area contributed by atoms with E-state index in [4.69, 9.17) is 5.73 Å². The number of carbonyl (C=O) groups excluding carboxylic acids is 1. The number of para-hydroxylation sites is 1. The lowest BCUT2D eigenvalue weighted by molar-refractivity contribution is 0.0921. The summed E-state index contributed by atoms with van der Waals surface area (Å²) in [5, 5.41) is 0.964. The zero-order valence-corrected chi connectivity index (χ0v) is 12.1.